The van der Waals surface area contributed by atoms with E-state index in [1.54, 1.807) is 7.11 Å². The maximum absolute atomic E-state index is 12.1. The minimum Gasteiger partial charge on any atom is -0.497 e. The van der Waals surface area contributed by atoms with Gasteiger partial charge in [0.1, 0.15) is 11.6 Å². The van der Waals surface area contributed by atoms with Crippen molar-refractivity contribution in [2.24, 2.45) is 0 Å². The Hall–Kier alpha value is -2.40. The van der Waals surface area contributed by atoms with Gasteiger partial charge in [-0.3, -0.25) is 9.69 Å². The largest absolute Gasteiger partial charge is 0.497 e. The second-order valence-electron chi connectivity index (χ2n) is 6.05. The Labute approximate surface area is 142 Å². The molecule has 0 radical (unpaired) electrons. The third-order valence-corrected chi connectivity index (χ3v) is 4.35. The monoisotopic (exact) mass is 325 g/mol. The first-order chi connectivity index (χ1) is 11.7. The van der Waals surface area contributed by atoms with Gasteiger partial charge in [0, 0.05) is 31.6 Å². The van der Waals surface area contributed by atoms with Gasteiger partial charge in [0.05, 0.1) is 12.8 Å². The molecule has 0 saturated heterocycles. The van der Waals surface area contributed by atoms with E-state index in [1.807, 2.05) is 31.2 Å². The van der Waals surface area contributed by atoms with Crippen LogP contribution in [0.2, 0.25) is 0 Å². The molecule has 0 spiro atoms. The molecule has 24 heavy (non-hydrogen) atoms. The van der Waals surface area contributed by atoms with E-state index >= 15 is 0 Å². The Morgan fingerprint density at radius 1 is 1.25 bits per heavy atom. The van der Waals surface area contributed by atoms with Gasteiger partial charge in [0.25, 0.3) is 5.56 Å². The zero-order valence-electron chi connectivity index (χ0n) is 14.2. The standard InChI is InChI=1S/C19H23N3O2/c1-14-20-18-10-13-22(12-9-17(18)19(23)21-14)11-3-4-15-5-7-16(24-2)8-6-15/h3-8H,9-13H2,1-2H3,(H,20,21,23)/b4-3+. The fraction of sp³-hybridized carbons (Fsp3) is 0.368. The lowest BCUT2D eigenvalue weighted by atomic mass is 10.1. The number of ether oxygens (including phenoxy) is 1. The summed E-state index contributed by atoms with van der Waals surface area (Å²) in [6, 6.07) is 8.00. The SMILES string of the molecule is COc1ccc(/C=C/CN2CCc3nc(C)[nH]c(=O)c3CC2)cc1. The summed E-state index contributed by atoms with van der Waals surface area (Å²) >= 11 is 0. The highest BCUT2D eigenvalue weighted by Crippen LogP contribution is 2.13. The highest BCUT2D eigenvalue weighted by molar-refractivity contribution is 5.50. The third-order valence-electron chi connectivity index (χ3n) is 4.35. The van der Waals surface area contributed by atoms with Crippen LogP contribution in [0, 0.1) is 6.92 Å². The van der Waals surface area contributed by atoms with Crippen molar-refractivity contribution in [3.8, 4) is 5.75 Å². The average Bonchev–Trinajstić information content (AvgIpc) is 2.78. The molecule has 0 saturated carbocycles. The summed E-state index contributed by atoms with van der Waals surface area (Å²) in [6.07, 6.45) is 5.87. The first-order valence-corrected chi connectivity index (χ1v) is 8.27. The summed E-state index contributed by atoms with van der Waals surface area (Å²) in [7, 11) is 1.67. The highest BCUT2D eigenvalue weighted by Gasteiger charge is 2.17. The van der Waals surface area contributed by atoms with Crippen molar-refractivity contribution in [2.75, 3.05) is 26.7 Å². The van der Waals surface area contributed by atoms with E-state index in [2.05, 4.69) is 27.0 Å². The minimum absolute atomic E-state index is 0.0214. The summed E-state index contributed by atoms with van der Waals surface area (Å²) in [5.41, 5.74) is 2.98. The number of H-pyrrole nitrogens is 1. The van der Waals surface area contributed by atoms with E-state index in [0.29, 0.717) is 5.82 Å². The Morgan fingerprint density at radius 2 is 2.00 bits per heavy atom. The van der Waals surface area contributed by atoms with Crippen molar-refractivity contribution in [2.45, 2.75) is 19.8 Å². The zero-order chi connectivity index (χ0) is 16.9. The molecule has 5 heteroatoms. The van der Waals surface area contributed by atoms with Gasteiger partial charge in [-0.1, -0.05) is 24.3 Å². The molecule has 3 rings (SSSR count). The number of fused-ring (bicyclic) bond motifs is 1. The van der Waals surface area contributed by atoms with E-state index in [4.69, 9.17) is 4.74 Å². The molecule has 0 bridgehead atoms. The molecule has 0 amide bonds. The summed E-state index contributed by atoms with van der Waals surface area (Å²) in [4.78, 5) is 21.7. The third kappa shape index (κ3) is 3.92. The molecule has 0 aliphatic carbocycles. The number of aryl methyl sites for hydroxylation is 1. The van der Waals surface area contributed by atoms with E-state index < -0.39 is 0 Å². The maximum Gasteiger partial charge on any atom is 0.254 e. The van der Waals surface area contributed by atoms with Crippen LogP contribution >= 0.6 is 0 Å². The van der Waals surface area contributed by atoms with Gasteiger partial charge in [-0.15, -0.1) is 0 Å². The fourth-order valence-corrected chi connectivity index (χ4v) is 3.01. The van der Waals surface area contributed by atoms with Gasteiger partial charge < -0.3 is 9.72 Å². The van der Waals surface area contributed by atoms with Gasteiger partial charge in [0.2, 0.25) is 0 Å². The number of hydrogen-bond donors (Lipinski definition) is 1. The lowest BCUT2D eigenvalue weighted by Gasteiger charge is -2.16. The number of aromatic amines is 1. The van der Waals surface area contributed by atoms with Crippen LogP contribution in [-0.2, 0) is 12.8 Å². The van der Waals surface area contributed by atoms with Gasteiger partial charge in [-0.25, -0.2) is 4.98 Å². The first kappa shape index (κ1) is 16.5. The molecule has 0 unspecified atom stereocenters. The van der Waals surface area contributed by atoms with Crippen LogP contribution in [0.4, 0.5) is 0 Å². The molecule has 1 aromatic heterocycles. The molecule has 1 aliphatic rings. The Morgan fingerprint density at radius 3 is 2.75 bits per heavy atom. The van der Waals surface area contributed by atoms with Gasteiger partial charge in [-0.05, 0) is 31.0 Å². The summed E-state index contributed by atoms with van der Waals surface area (Å²) in [5.74, 6) is 1.57. The van der Waals surface area contributed by atoms with Crippen LogP contribution in [0.25, 0.3) is 6.08 Å². The molecular formula is C19H23N3O2. The van der Waals surface area contributed by atoms with Crippen molar-refractivity contribution in [3.05, 3.63) is 63.3 Å². The number of hydrogen-bond acceptors (Lipinski definition) is 4. The van der Waals surface area contributed by atoms with E-state index in [1.165, 1.54) is 0 Å². The fourth-order valence-electron chi connectivity index (χ4n) is 3.01. The Balaban J connectivity index is 1.60. The van der Waals surface area contributed by atoms with Crippen LogP contribution in [0.1, 0.15) is 22.6 Å². The minimum atomic E-state index is 0.0214. The second-order valence-corrected chi connectivity index (χ2v) is 6.05. The summed E-state index contributed by atoms with van der Waals surface area (Å²) in [6.45, 7) is 4.52. The topological polar surface area (TPSA) is 58.2 Å². The van der Waals surface area contributed by atoms with Crippen molar-refractivity contribution in [1.82, 2.24) is 14.9 Å². The van der Waals surface area contributed by atoms with Gasteiger partial charge in [-0.2, -0.15) is 0 Å². The Bertz CT molecular complexity index is 778. The molecule has 2 aromatic rings. The number of aromatic nitrogens is 2. The van der Waals surface area contributed by atoms with Crippen LogP contribution in [0.15, 0.2) is 35.1 Å². The summed E-state index contributed by atoms with van der Waals surface area (Å²) < 4.78 is 5.17. The molecule has 1 N–H and O–H groups in total. The van der Waals surface area contributed by atoms with Gasteiger partial charge in [0.15, 0.2) is 0 Å². The number of benzene rings is 1. The normalized spacial score (nSPS) is 15.2. The van der Waals surface area contributed by atoms with Crippen molar-refractivity contribution < 1.29 is 4.74 Å². The predicted molar refractivity (Wildman–Crippen MR) is 95.5 cm³/mol. The van der Waals surface area contributed by atoms with Crippen LogP contribution in [0.3, 0.4) is 0 Å². The van der Waals surface area contributed by atoms with E-state index in [-0.39, 0.29) is 5.56 Å². The Kier molecular flexibility index (Phi) is 5.11. The molecule has 126 valence electrons. The lowest BCUT2D eigenvalue weighted by Crippen LogP contribution is -2.26. The number of methoxy groups -OCH3 is 1. The number of nitrogens with zero attached hydrogens (tertiary/aromatic N) is 2. The first-order valence-electron chi connectivity index (χ1n) is 8.27. The molecule has 1 aromatic carbocycles. The second kappa shape index (κ2) is 7.45. The van der Waals surface area contributed by atoms with E-state index in [0.717, 1.165) is 55.0 Å². The number of nitrogens with one attached hydrogen (secondary N) is 1. The molecule has 0 atom stereocenters. The number of rotatable bonds is 4. The quantitative estimate of drug-likeness (QED) is 0.936. The zero-order valence-corrected chi connectivity index (χ0v) is 14.2. The van der Waals surface area contributed by atoms with Crippen molar-refractivity contribution in [1.29, 1.82) is 0 Å². The lowest BCUT2D eigenvalue weighted by molar-refractivity contribution is 0.318. The van der Waals surface area contributed by atoms with Crippen LogP contribution in [0.5, 0.6) is 5.75 Å². The van der Waals surface area contributed by atoms with Crippen LogP contribution < -0.4 is 10.3 Å². The van der Waals surface area contributed by atoms with Crippen LogP contribution in [-0.4, -0.2) is 41.6 Å². The molecule has 5 nitrogen and oxygen atoms in total. The smallest absolute Gasteiger partial charge is 0.254 e. The predicted octanol–water partition coefficient (Wildman–Crippen LogP) is 2.20. The van der Waals surface area contributed by atoms with E-state index in [9.17, 15) is 4.79 Å². The average molecular weight is 325 g/mol. The molecular weight excluding hydrogens is 302 g/mol. The summed E-state index contributed by atoms with van der Waals surface area (Å²) in [5, 5.41) is 0. The van der Waals surface area contributed by atoms with Crippen molar-refractivity contribution in [3.63, 3.8) is 0 Å². The highest BCUT2D eigenvalue weighted by atomic mass is 16.5. The maximum atomic E-state index is 12.1. The van der Waals surface area contributed by atoms with Crippen molar-refractivity contribution >= 4 is 6.08 Å². The molecule has 0 fully saturated rings. The van der Waals surface area contributed by atoms with Gasteiger partial charge >= 0.3 is 0 Å². The molecule has 2 heterocycles. The molecule has 1 aliphatic heterocycles.